The number of carboxylic acids is 1. The summed E-state index contributed by atoms with van der Waals surface area (Å²) in [7, 11) is 0. The Labute approximate surface area is 96.4 Å². The molecule has 0 aliphatic carbocycles. The van der Waals surface area contributed by atoms with Gasteiger partial charge in [0.15, 0.2) is 0 Å². The number of nitrogens with two attached hydrogens (primary N) is 1. The van der Waals surface area contributed by atoms with Gasteiger partial charge in [-0.2, -0.15) is 5.10 Å². The number of carbonyl (C=O) groups excluding carboxylic acids is 2. The Hall–Kier alpha value is -2.38. The highest BCUT2D eigenvalue weighted by atomic mass is 16.4. The Morgan fingerprint density at radius 2 is 2.18 bits per heavy atom. The third-order valence-corrected chi connectivity index (χ3v) is 1.90. The van der Waals surface area contributed by atoms with Crippen molar-refractivity contribution in [3.05, 3.63) is 18.5 Å². The molecule has 1 atom stereocenters. The van der Waals surface area contributed by atoms with Crippen LogP contribution in [0, 0.1) is 0 Å². The highest BCUT2D eigenvalue weighted by Crippen LogP contribution is 1.93. The van der Waals surface area contributed by atoms with Gasteiger partial charge in [-0.25, -0.2) is 4.79 Å². The van der Waals surface area contributed by atoms with Crippen LogP contribution in [0.4, 0.5) is 0 Å². The van der Waals surface area contributed by atoms with Crippen molar-refractivity contribution in [1.82, 2.24) is 15.1 Å². The normalized spacial score (nSPS) is 11.8. The monoisotopic (exact) mass is 240 g/mol. The highest BCUT2D eigenvalue weighted by Gasteiger charge is 2.22. The van der Waals surface area contributed by atoms with Crippen molar-refractivity contribution in [3.8, 4) is 0 Å². The smallest absolute Gasteiger partial charge is 0.326 e. The van der Waals surface area contributed by atoms with E-state index in [1.165, 1.54) is 10.9 Å². The number of nitrogens with one attached hydrogen (secondary N) is 1. The molecule has 1 rings (SSSR count). The molecular weight excluding hydrogens is 228 g/mol. The summed E-state index contributed by atoms with van der Waals surface area (Å²) in [6.45, 7) is -0.116. The Kier molecular flexibility index (Phi) is 4.21. The van der Waals surface area contributed by atoms with Gasteiger partial charge in [0.05, 0.1) is 6.42 Å². The van der Waals surface area contributed by atoms with Gasteiger partial charge in [0, 0.05) is 12.4 Å². The summed E-state index contributed by atoms with van der Waals surface area (Å²) in [6.07, 6.45) is 2.61. The maximum absolute atomic E-state index is 11.4. The number of amides is 2. The van der Waals surface area contributed by atoms with Crippen LogP contribution in [0.15, 0.2) is 18.5 Å². The quantitative estimate of drug-likeness (QED) is 0.547. The summed E-state index contributed by atoms with van der Waals surface area (Å²) in [4.78, 5) is 32.8. The van der Waals surface area contributed by atoms with Crippen LogP contribution in [0.5, 0.6) is 0 Å². The first kappa shape index (κ1) is 12.7. The largest absolute Gasteiger partial charge is 0.480 e. The zero-order chi connectivity index (χ0) is 12.8. The highest BCUT2D eigenvalue weighted by molar-refractivity contribution is 5.87. The summed E-state index contributed by atoms with van der Waals surface area (Å²) in [6, 6.07) is 0.321. The fraction of sp³-hybridized carbons (Fsp3) is 0.333. The summed E-state index contributed by atoms with van der Waals surface area (Å²) in [5.41, 5.74) is 4.87. The van der Waals surface area contributed by atoms with E-state index >= 15 is 0 Å². The van der Waals surface area contributed by atoms with Crippen LogP contribution in [0.2, 0.25) is 0 Å². The molecule has 0 saturated carbocycles. The summed E-state index contributed by atoms with van der Waals surface area (Å²) < 4.78 is 1.33. The van der Waals surface area contributed by atoms with E-state index in [0.717, 1.165) is 0 Å². The molecule has 0 spiro atoms. The van der Waals surface area contributed by atoms with Gasteiger partial charge >= 0.3 is 5.97 Å². The minimum atomic E-state index is -1.31. The predicted molar refractivity (Wildman–Crippen MR) is 55.6 cm³/mol. The van der Waals surface area contributed by atoms with Gasteiger partial charge < -0.3 is 16.2 Å². The number of carboxylic acid groups (broad SMARTS) is 1. The zero-order valence-corrected chi connectivity index (χ0v) is 8.87. The second kappa shape index (κ2) is 5.64. The number of hydrogen-bond donors (Lipinski definition) is 3. The van der Waals surface area contributed by atoms with E-state index in [0.29, 0.717) is 0 Å². The van der Waals surface area contributed by atoms with Crippen molar-refractivity contribution >= 4 is 17.8 Å². The van der Waals surface area contributed by atoms with Gasteiger partial charge in [0.1, 0.15) is 12.6 Å². The minimum absolute atomic E-state index is 0.116. The second-order valence-corrected chi connectivity index (χ2v) is 3.33. The Morgan fingerprint density at radius 1 is 1.47 bits per heavy atom. The first-order valence-corrected chi connectivity index (χ1v) is 4.77. The molecule has 4 N–H and O–H groups in total. The van der Waals surface area contributed by atoms with E-state index in [-0.39, 0.29) is 6.54 Å². The zero-order valence-electron chi connectivity index (χ0n) is 8.87. The average Bonchev–Trinajstić information content (AvgIpc) is 2.68. The van der Waals surface area contributed by atoms with Crippen LogP contribution >= 0.6 is 0 Å². The first-order chi connectivity index (χ1) is 7.99. The lowest BCUT2D eigenvalue weighted by molar-refractivity contribution is -0.143. The third kappa shape index (κ3) is 4.33. The third-order valence-electron chi connectivity index (χ3n) is 1.90. The molecule has 0 bridgehead atoms. The van der Waals surface area contributed by atoms with Crippen molar-refractivity contribution in [2.75, 3.05) is 0 Å². The van der Waals surface area contributed by atoms with E-state index < -0.39 is 30.2 Å². The van der Waals surface area contributed by atoms with E-state index in [2.05, 4.69) is 10.4 Å². The number of hydrogen-bond acceptors (Lipinski definition) is 4. The van der Waals surface area contributed by atoms with Gasteiger partial charge in [-0.05, 0) is 6.07 Å². The van der Waals surface area contributed by atoms with Crippen LogP contribution in [0.1, 0.15) is 6.42 Å². The molecule has 0 unspecified atom stereocenters. The van der Waals surface area contributed by atoms with E-state index in [1.54, 1.807) is 12.3 Å². The lowest BCUT2D eigenvalue weighted by Gasteiger charge is -2.12. The van der Waals surface area contributed by atoms with Crippen LogP contribution < -0.4 is 11.1 Å². The Morgan fingerprint density at radius 3 is 2.65 bits per heavy atom. The number of rotatable bonds is 6. The molecule has 0 radical (unpaired) electrons. The van der Waals surface area contributed by atoms with Gasteiger partial charge in [-0.3, -0.25) is 14.3 Å². The Balaban J connectivity index is 2.52. The van der Waals surface area contributed by atoms with Crippen LogP contribution in [-0.4, -0.2) is 38.7 Å². The van der Waals surface area contributed by atoms with Gasteiger partial charge in [-0.1, -0.05) is 0 Å². The number of carbonyl (C=O) groups is 3. The molecule has 0 aliphatic rings. The number of nitrogens with zero attached hydrogens (tertiary/aromatic N) is 2. The van der Waals surface area contributed by atoms with Gasteiger partial charge in [0.25, 0.3) is 0 Å². The minimum Gasteiger partial charge on any atom is -0.480 e. The number of aromatic nitrogens is 2. The van der Waals surface area contributed by atoms with Gasteiger partial charge in [0.2, 0.25) is 11.8 Å². The molecular formula is C9H12N4O4. The SMILES string of the molecule is NC(=O)C[C@@H](NC(=O)Cn1cccn1)C(=O)O. The van der Waals surface area contributed by atoms with E-state index in [9.17, 15) is 14.4 Å². The molecule has 2 amide bonds. The van der Waals surface area contributed by atoms with Crippen LogP contribution in [0.3, 0.4) is 0 Å². The van der Waals surface area contributed by atoms with Gasteiger partial charge in [-0.15, -0.1) is 0 Å². The summed E-state index contributed by atoms with van der Waals surface area (Å²) >= 11 is 0. The van der Waals surface area contributed by atoms with Crippen molar-refractivity contribution in [3.63, 3.8) is 0 Å². The molecule has 0 saturated heterocycles. The Bertz CT molecular complexity index is 415. The lowest BCUT2D eigenvalue weighted by atomic mass is 10.2. The molecule has 1 aromatic heterocycles. The topological polar surface area (TPSA) is 127 Å². The van der Waals surface area contributed by atoms with Crippen molar-refractivity contribution in [2.45, 2.75) is 19.0 Å². The standard InChI is InChI=1S/C9H12N4O4/c10-7(14)4-6(9(16)17)12-8(15)5-13-3-1-2-11-13/h1-3,6H,4-5H2,(H2,10,14)(H,12,15)(H,16,17)/t6-/m1/s1. The number of aliphatic carboxylic acids is 1. The fourth-order valence-corrected chi connectivity index (χ4v) is 1.18. The van der Waals surface area contributed by atoms with E-state index in [4.69, 9.17) is 10.8 Å². The predicted octanol–water partition coefficient (Wildman–Crippen LogP) is -1.67. The maximum atomic E-state index is 11.4. The fourth-order valence-electron chi connectivity index (χ4n) is 1.18. The second-order valence-electron chi connectivity index (χ2n) is 3.33. The van der Waals surface area contributed by atoms with E-state index in [1.807, 2.05) is 0 Å². The molecule has 17 heavy (non-hydrogen) atoms. The van der Waals surface area contributed by atoms with Crippen molar-refractivity contribution < 1.29 is 19.5 Å². The summed E-state index contributed by atoms with van der Waals surface area (Å²) in [5.74, 6) is -2.66. The van der Waals surface area contributed by atoms with Crippen molar-refractivity contribution in [1.29, 1.82) is 0 Å². The molecule has 0 aromatic carbocycles. The molecule has 0 aliphatic heterocycles. The first-order valence-electron chi connectivity index (χ1n) is 4.77. The molecule has 1 heterocycles. The summed E-state index contributed by atoms with van der Waals surface area (Å²) in [5, 5.41) is 14.7. The maximum Gasteiger partial charge on any atom is 0.326 e. The lowest BCUT2D eigenvalue weighted by Crippen LogP contribution is -2.44. The molecule has 0 fully saturated rings. The molecule has 8 nitrogen and oxygen atoms in total. The average molecular weight is 240 g/mol. The molecule has 8 heteroatoms. The van der Waals surface area contributed by atoms with Crippen LogP contribution in [0.25, 0.3) is 0 Å². The molecule has 92 valence electrons. The van der Waals surface area contributed by atoms with Crippen molar-refractivity contribution in [2.24, 2.45) is 5.73 Å². The van der Waals surface area contributed by atoms with Crippen LogP contribution in [-0.2, 0) is 20.9 Å². The number of primary amides is 1. The molecule has 1 aromatic rings.